The lowest BCUT2D eigenvalue weighted by Gasteiger charge is -2.08. The highest BCUT2D eigenvalue weighted by Gasteiger charge is 2.10. The van der Waals surface area contributed by atoms with Crippen LogP contribution in [0.4, 0.5) is 5.69 Å². The normalized spacial score (nSPS) is 10.5. The molecule has 1 amide bonds. The fourth-order valence-corrected chi connectivity index (χ4v) is 3.53. The van der Waals surface area contributed by atoms with Crippen LogP contribution in [-0.2, 0) is 17.6 Å². The minimum atomic E-state index is -0.111. The number of methoxy groups -OCH3 is 2. The molecule has 0 saturated carbocycles. The number of ether oxygens (including phenoxy) is 2. The molecule has 1 aromatic heterocycles. The lowest BCUT2D eigenvalue weighted by Crippen LogP contribution is -2.14. The van der Waals surface area contributed by atoms with Crippen LogP contribution in [0.15, 0.2) is 47.8 Å². The van der Waals surface area contributed by atoms with E-state index in [1.807, 2.05) is 23.6 Å². The van der Waals surface area contributed by atoms with Gasteiger partial charge in [0.1, 0.15) is 0 Å². The van der Waals surface area contributed by atoms with E-state index in [-0.39, 0.29) is 12.3 Å². The molecule has 0 aliphatic rings. The van der Waals surface area contributed by atoms with Crippen LogP contribution < -0.4 is 14.8 Å². The zero-order valence-electron chi connectivity index (χ0n) is 15.0. The van der Waals surface area contributed by atoms with Gasteiger partial charge in [0, 0.05) is 22.5 Å². The maximum atomic E-state index is 12.2. The number of nitrogens with one attached hydrogen (secondary N) is 1. The summed E-state index contributed by atoms with van der Waals surface area (Å²) in [6, 6.07) is 12.8. The maximum absolute atomic E-state index is 12.2. The maximum Gasteiger partial charge on any atom is 0.230 e. The number of hydrogen-bond acceptors (Lipinski definition) is 5. The van der Waals surface area contributed by atoms with E-state index in [1.54, 1.807) is 38.5 Å². The molecule has 0 saturated heterocycles. The molecule has 2 aromatic carbocycles. The summed E-state index contributed by atoms with van der Waals surface area (Å²) in [5, 5.41) is 6.33. The second-order valence-electron chi connectivity index (χ2n) is 5.83. The zero-order chi connectivity index (χ0) is 19.2. The van der Waals surface area contributed by atoms with E-state index < -0.39 is 0 Å². The van der Waals surface area contributed by atoms with Crippen molar-refractivity contribution in [2.24, 2.45) is 0 Å². The fraction of sp³-hybridized carbons (Fsp3) is 0.200. The third-order valence-electron chi connectivity index (χ3n) is 3.87. The van der Waals surface area contributed by atoms with Crippen LogP contribution in [0.1, 0.15) is 16.3 Å². The topological polar surface area (TPSA) is 60.5 Å². The molecular formula is C20H19ClN2O3S. The summed E-state index contributed by atoms with van der Waals surface area (Å²) in [6.07, 6.45) is 0.898. The Balaban J connectivity index is 1.61. The Morgan fingerprint density at radius 3 is 2.56 bits per heavy atom. The lowest BCUT2D eigenvalue weighted by molar-refractivity contribution is -0.115. The highest BCUT2D eigenvalue weighted by atomic mass is 35.5. The van der Waals surface area contributed by atoms with E-state index in [1.165, 1.54) is 11.3 Å². The van der Waals surface area contributed by atoms with Crippen molar-refractivity contribution in [3.8, 4) is 11.5 Å². The predicted octanol–water partition coefficient (Wildman–Crippen LogP) is 4.59. The van der Waals surface area contributed by atoms with E-state index >= 15 is 0 Å². The summed E-state index contributed by atoms with van der Waals surface area (Å²) in [7, 11) is 3.22. The molecule has 1 heterocycles. The first kappa shape index (κ1) is 19.2. The van der Waals surface area contributed by atoms with Gasteiger partial charge in [0.15, 0.2) is 11.5 Å². The van der Waals surface area contributed by atoms with Gasteiger partial charge in [-0.1, -0.05) is 17.7 Å². The van der Waals surface area contributed by atoms with Gasteiger partial charge in [-0.05, 0) is 42.0 Å². The van der Waals surface area contributed by atoms with Crippen LogP contribution in [-0.4, -0.2) is 25.1 Å². The molecule has 1 N–H and O–H groups in total. The number of amides is 1. The number of carbonyl (C=O) groups is 1. The van der Waals surface area contributed by atoms with Crippen molar-refractivity contribution in [3.05, 3.63) is 69.1 Å². The predicted molar refractivity (Wildman–Crippen MR) is 108 cm³/mol. The van der Waals surface area contributed by atoms with E-state index in [9.17, 15) is 4.79 Å². The molecule has 0 radical (unpaired) electrons. The zero-order valence-corrected chi connectivity index (χ0v) is 16.6. The first-order valence-corrected chi connectivity index (χ1v) is 9.52. The average Bonchev–Trinajstić information content (AvgIpc) is 3.10. The van der Waals surface area contributed by atoms with Gasteiger partial charge in [-0.15, -0.1) is 11.3 Å². The second kappa shape index (κ2) is 8.88. The van der Waals surface area contributed by atoms with Gasteiger partial charge >= 0.3 is 0 Å². The number of aromatic nitrogens is 1. The van der Waals surface area contributed by atoms with Crippen LogP contribution >= 0.6 is 22.9 Å². The van der Waals surface area contributed by atoms with E-state index in [0.29, 0.717) is 28.6 Å². The van der Waals surface area contributed by atoms with Crippen molar-refractivity contribution in [1.82, 2.24) is 4.98 Å². The standard InChI is InChI=1S/C20H19ClN2O3S/c1-25-17-8-3-13(9-18(17)26-2)10-20-23-16(12-27-20)11-19(24)22-15-6-4-14(21)5-7-15/h3-9,12H,10-11H2,1-2H3,(H,22,24). The van der Waals surface area contributed by atoms with Crippen molar-refractivity contribution in [3.63, 3.8) is 0 Å². The number of benzene rings is 2. The smallest absolute Gasteiger partial charge is 0.230 e. The molecule has 5 nitrogen and oxygen atoms in total. The van der Waals surface area contributed by atoms with Gasteiger partial charge in [-0.25, -0.2) is 4.98 Å². The third-order valence-corrected chi connectivity index (χ3v) is 5.02. The largest absolute Gasteiger partial charge is 0.493 e. The number of hydrogen-bond donors (Lipinski definition) is 1. The van der Waals surface area contributed by atoms with Crippen LogP contribution in [0, 0.1) is 0 Å². The van der Waals surface area contributed by atoms with Gasteiger partial charge in [0.2, 0.25) is 5.91 Å². The number of anilines is 1. The summed E-state index contributed by atoms with van der Waals surface area (Å²) in [5.74, 6) is 1.27. The number of halogens is 1. The summed E-state index contributed by atoms with van der Waals surface area (Å²) in [5.41, 5.74) is 2.53. The summed E-state index contributed by atoms with van der Waals surface area (Å²) in [4.78, 5) is 16.7. The summed E-state index contributed by atoms with van der Waals surface area (Å²) < 4.78 is 10.6. The van der Waals surface area contributed by atoms with Crippen molar-refractivity contribution < 1.29 is 14.3 Å². The highest BCUT2D eigenvalue weighted by Crippen LogP contribution is 2.29. The van der Waals surface area contributed by atoms with Gasteiger partial charge in [-0.3, -0.25) is 4.79 Å². The molecule has 0 fully saturated rings. The van der Waals surface area contributed by atoms with Gasteiger partial charge < -0.3 is 14.8 Å². The molecule has 3 rings (SSSR count). The first-order valence-electron chi connectivity index (χ1n) is 8.27. The van der Waals surface area contributed by atoms with Crippen LogP contribution in [0.5, 0.6) is 11.5 Å². The van der Waals surface area contributed by atoms with Crippen molar-refractivity contribution in [1.29, 1.82) is 0 Å². The van der Waals surface area contributed by atoms with Crippen LogP contribution in [0.25, 0.3) is 0 Å². The molecule has 0 unspecified atom stereocenters. The molecule has 0 bridgehead atoms. The quantitative estimate of drug-likeness (QED) is 0.628. The molecule has 27 heavy (non-hydrogen) atoms. The SMILES string of the molecule is COc1ccc(Cc2nc(CC(=O)Nc3ccc(Cl)cc3)cs2)cc1OC. The van der Waals surface area contributed by atoms with E-state index in [2.05, 4.69) is 10.3 Å². The Hall–Kier alpha value is -2.57. The Labute approximate surface area is 166 Å². The fourth-order valence-electron chi connectivity index (χ4n) is 2.58. The summed E-state index contributed by atoms with van der Waals surface area (Å²) in [6.45, 7) is 0. The molecular weight excluding hydrogens is 384 g/mol. The molecule has 0 aliphatic heterocycles. The Bertz CT molecular complexity index is 925. The molecule has 0 aliphatic carbocycles. The van der Waals surface area contributed by atoms with E-state index in [4.69, 9.17) is 21.1 Å². The number of nitrogens with zero attached hydrogens (tertiary/aromatic N) is 1. The Morgan fingerprint density at radius 1 is 1.11 bits per heavy atom. The summed E-state index contributed by atoms with van der Waals surface area (Å²) >= 11 is 7.38. The highest BCUT2D eigenvalue weighted by molar-refractivity contribution is 7.09. The minimum Gasteiger partial charge on any atom is -0.493 e. The van der Waals surface area contributed by atoms with Crippen LogP contribution in [0.3, 0.4) is 0 Å². The molecule has 7 heteroatoms. The van der Waals surface area contributed by atoms with E-state index in [0.717, 1.165) is 16.3 Å². The molecule has 3 aromatic rings. The third kappa shape index (κ3) is 5.21. The molecule has 140 valence electrons. The molecule has 0 atom stereocenters. The Kier molecular flexibility index (Phi) is 6.32. The lowest BCUT2D eigenvalue weighted by atomic mass is 10.1. The van der Waals surface area contributed by atoms with Crippen LogP contribution in [0.2, 0.25) is 5.02 Å². The monoisotopic (exact) mass is 402 g/mol. The second-order valence-corrected chi connectivity index (χ2v) is 7.21. The number of rotatable bonds is 7. The Morgan fingerprint density at radius 2 is 1.85 bits per heavy atom. The van der Waals surface area contributed by atoms with Gasteiger partial charge in [0.05, 0.1) is 31.3 Å². The molecule has 0 spiro atoms. The number of carbonyl (C=O) groups excluding carboxylic acids is 1. The average molecular weight is 403 g/mol. The van der Waals surface area contributed by atoms with Gasteiger partial charge in [0.25, 0.3) is 0 Å². The minimum absolute atomic E-state index is 0.111. The van der Waals surface area contributed by atoms with Gasteiger partial charge in [-0.2, -0.15) is 0 Å². The van der Waals surface area contributed by atoms with Crippen molar-refractivity contribution in [2.75, 3.05) is 19.5 Å². The number of thiazole rings is 1. The van der Waals surface area contributed by atoms with Crippen molar-refractivity contribution >= 4 is 34.5 Å². The van der Waals surface area contributed by atoms with Crippen molar-refractivity contribution in [2.45, 2.75) is 12.8 Å². The first-order chi connectivity index (χ1) is 13.1.